The lowest BCUT2D eigenvalue weighted by Crippen LogP contribution is -2.05. The topological polar surface area (TPSA) is 63.0 Å². The Hall–Kier alpha value is -0.540. The lowest BCUT2D eigenvalue weighted by Gasteiger charge is -1.92. The van der Waals surface area contributed by atoms with Crippen LogP contribution in [-0.2, 0) is 0 Å². The van der Waals surface area contributed by atoms with Crippen molar-refractivity contribution in [3.05, 3.63) is 21.7 Å². The summed E-state index contributed by atoms with van der Waals surface area (Å²) in [5.41, 5.74) is 5.35. The Bertz CT molecular complexity index is 263. The van der Waals surface area contributed by atoms with Crippen LogP contribution in [-0.4, -0.2) is 0 Å². The van der Waals surface area contributed by atoms with Gasteiger partial charge in [0, 0.05) is 0 Å². The number of furan rings is 1. The van der Waals surface area contributed by atoms with Crippen LogP contribution in [0.3, 0.4) is 0 Å². The summed E-state index contributed by atoms with van der Waals surface area (Å²) in [6, 6.07) is 2.98. The molecule has 0 saturated carbocycles. The maximum absolute atomic E-state index is 8.36. The van der Waals surface area contributed by atoms with Gasteiger partial charge in [0.25, 0.3) is 0 Å². The molecule has 2 N–H and O–H groups in total. The standard InChI is InChI=1S/C6H5IN2O/c7-4-1-6(10-3-4)5(9)2-8/h1,3,5H,9H2. The van der Waals surface area contributed by atoms with Crippen molar-refractivity contribution in [1.82, 2.24) is 0 Å². The van der Waals surface area contributed by atoms with Crippen LogP contribution in [0.15, 0.2) is 16.7 Å². The molecule has 1 heterocycles. The van der Waals surface area contributed by atoms with Gasteiger partial charge < -0.3 is 10.2 Å². The molecule has 4 heteroatoms. The summed E-state index contributed by atoms with van der Waals surface area (Å²) in [7, 11) is 0. The minimum Gasteiger partial charge on any atom is -0.465 e. The third-order valence-electron chi connectivity index (χ3n) is 1.03. The average molecular weight is 248 g/mol. The van der Waals surface area contributed by atoms with Crippen LogP contribution < -0.4 is 5.73 Å². The van der Waals surface area contributed by atoms with E-state index in [1.54, 1.807) is 12.3 Å². The molecule has 0 spiro atoms. The average Bonchev–Trinajstić information content (AvgIpc) is 2.34. The number of hydrogen-bond donors (Lipinski definition) is 1. The van der Waals surface area contributed by atoms with E-state index in [0.29, 0.717) is 5.76 Å². The zero-order valence-corrected chi connectivity index (χ0v) is 7.20. The van der Waals surface area contributed by atoms with Gasteiger partial charge in [-0.15, -0.1) is 0 Å². The van der Waals surface area contributed by atoms with Gasteiger partial charge in [-0.1, -0.05) is 0 Å². The highest BCUT2D eigenvalue weighted by Gasteiger charge is 2.07. The number of nitriles is 1. The van der Waals surface area contributed by atoms with Crippen molar-refractivity contribution >= 4 is 22.6 Å². The normalized spacial score (nSPS) is 12.5. The molecule has 1 unspecified atom stereocenters. The summed E-state index contributed by atoms with van der Waals surface area (Å²) >= 11 is 2.09. The molecule has 0 aliphatic rings. The van der Waals surface area contributed by atoms with Crippen LogP contribution in [0.5, 0.6) is 0 Å². The van der Waals surface area contributed by atoms with Gasteiger partial charge in [-0.25, -0.2) is 0 Å². The summed E-state index contributed by atoms with van der Waals surface area (Å²) in [5, 5.41) is 8.36. The Morgan fingerprint density at radius 2 is 2.50 bits per heavy atom. The van der Waals surface area contributed by atoms with Crippen molar-refractivity contribution in [1.29, 1.82) is 5.26 Å². The number of nitrogens with zero attached hydrogens (tertiary/aromatic N) is 1. The van der Waals surface area contributed by atoms with Gasteiger partial charge in [0.1, 0.15) is 12.0 Å². The molecule has 0 fully saturated rings. The quantitative estimate of drug-likeness (QED) is 0.764. The molecule has 0 aliphatic heterocycles. The summed E-state index contributed by atoms with van der Waals surface area (Å²) in [4.78, 5) is 0. The van der Waals surface area contributed by atoms with E-state index >= 15 is 0 Å². The Kier molecular flexibility index (Phi) is 2.29. The van der Waals surface area contributed by atoms with E-state index in [1.165, 1.54) is 0 Å². The lowest BCUT2D eigenvalue weighted by molar-refractivity contribution is 0.496. The molecule has 0 amide bonds. The van der Waals surface area contributed by atoms with Crippen molar-refractivity contribution in [3.63, 3.8) is 0 Å². The zero-order valence-electron chi connectivity index (χ0n) is 5.04. The lowest BCUT2D eigenvalue weighted by atomic mass is 10.3. The molecule has 0 bridgehead atoms. The van der Waals surface area contributed by atoms with Gasteiger partial charge in [0.2, 0.25) is 0 Å². The third kappa shape index (κ3) is 1.49. The molecule has 0 saturated heterocycles. The van der Waals surface area contributed by atoms with Crippen molar-refractivity contribution in [2.24, 2.45) is 5.73 Å². The second kappa shape index (κ2) is 3.03. The highest BCUT2D eigenvalue weighted by atomic mass is 127. The first-order valence-corrected chi connectivity index (χ1v) is 3.71. The van der Waals surface area contributed by atoms with Crippen molar-refractivity contribution < 1.29 is 4.42 Å². The van der Waals surface area contributed by atoms with Crippen LogP contribution in [0.2, 0.25) is 0 Å². The fourth-order valence-corrected chi connectivity index (χ4v) is 0.989. The van der Waals surface area contributed by atoms with Crippen LogP contribution in [0.1, 0.15) is 11.8 Å². The Morgan fingerprint density at radius 3 is 2.90 bits per heavy atom. The number of rotatable bonds is 1. The molecule has 3 nitrogen and oxygen atoms in total. The number of hydrogen-bond acceptors (Lipinski definition) is 3. The molecular formula is C6H5IN2O. The van der Waals surface area contributed by atoms with Crippen LogP contribution >= 0.6 is 22.6 Å². The van der Waals surface area contributed by atoms with Gasteiger partial charge in [-0.05, 0) is 28.7 Å². The second-order valence-electron chi connectivity index (χ2n) is 1.77. The maximum Gasteiger partial charge on any atom is 0.151 e. The highest BCUT2D eigenvalue weighted by Crippen LogP contribution is 2.14. The molecule has 0 aliphatic carbocycles. The van der Waals surface area contributed by atoms with E-state index in [2.05, 4.69) is 22.6 Å². The van der Waals surface area contributed by atoms with E-state index in [0.717, 1.165) is 3.57 Å². The summed E-state index contributed by atoms with van der Waals surface area (Å²) in [6.07, 6.45) is 1.56. The largest absolute Gasteiger partial charge is 0.465 e. The smallest absolute Gasteiger partial charge is 0.151 e. The van der Waals surface area contributed by atoms with Gasteiger partial charge in [0.05, 0.1) is 9.64 Å². The fraction of sp³-hybridized carbons (Fsp3) is 0.167. The predicted octanol–water partition coefficient (Wildman–Crippen LogP) is 1.41. The number of nitrogens with two attached hydrogens (primary N) is 1. The van der Waals surface area contributed by atoms with E-state index < -0.39 is 6.04 Å². The van der Waals surface area contributed by atoms with E-state index in [9.17, 15) is 0 Å². The van der Waals surface area contributed by atoms with Gasteiger partial charge >= 0.3 is 0 Å². The molecule has 1 rings (SSSR count). The predicted molar refractivity (Wildman–Crippen MR) is 44.0 cm³/mol. The molecule has 52 valence electrons. The molecule has 1 aromatic heterocycles. The van der Waals surface area contributed by atoms with Crippen molar-refractivity contribution in [2.45, 2.75) is 6.04 Å². The van der Waals surface area contributed by atoms with Gasteiger partial charge in [-0.2, -0.15) is 5.26 Å². The highest BCUT2D eigenvalue weighted by molar-refractivity contribution is 14.1. The molecule has 10 heavy (non-hydrogen) atoms. The van der Waals surface area contributed by atoms with E-state index in [-0.39, 0.29) is 0 Å². The molecule has 0 radical (unpaired) electrons. The summed E-state index contributed by atoms with van der Waals surface area (Å²) in [6.45, 7) is 0. The minimum atomic E-state index is -0.636. The Morgan fingerprint density at radius 1 is 1.80 bits per heavy atom. The van der Waals surface area contributed by atoms with Crippen LogP contribution in [0.4, 0.5) is 0 Å². The molecule has 1 atom stereocenters. The fourth-order valence-electron chi connectivity index (χ4n) is 0.555. The molecule has 0 aromatic carbocycles. The first kappa shape index (κ1) is 7.57. The second-order valence-corrected chi connectivity index (χ2v) is 3.02. The van der Waals surface area contributed by atoms with E-state index in [1.807, 2.05) is 6.07 Å². The monoisotopic (exact) mass is 248 g/mol. The van der Waals surface area contributed by atoms with Gasteiger partial charge in [0.15, 0.2) is 6.04 Å². The van der Waals surface area contributed by atoms with Crippen LogP contribution in [0, 0.1) is 14.9 Å². The minimum absolute atomic E-state index is 0.520. The van der Waals surface area contributed by atoms with Crippen molar-refractivity contribution in [3.8, 4) is 6.07 Å². The Balaban J connectivity index is 2.87. The van der Waals surface area contributed by atoms with Crippen LogP contribution in [0.25, 0.3) is 0 Å². The SMILES string of the molecule is N#CC(N)c1cc(I)co1. The summed E-state index contributed by atoms with van der Waals surface area (Å²) in [5.74, 6) is 0.520. The zero-order chi connectivity index (χ0) is 7.56. The first-order chi connectivity index (χ1) is 4.74. The maximum atomic E-state index is 8.36. The third-order valence-corrected chi connectivity index (χ3v) is 1.60. The van der Waals surface area contributed by atoms with Crippen molar-refractivity contribution in [2.75, 3.05) is 0 Å². The van der Waals surface area contributed by atoms with E-state index in [4.69, 9.17) is 15.4 Å². The summed E-state index contributed by atoms with van der Waals surface area (Å²) < 4.78 is 5.92. The Labute approximate surface area is 71.9 Å². The number of halogens is 1. The molecule has 1 aromatic rings. The molecular weight excluding hydrogens is 243 g/mol. The first-order valence-electron chi connectivity index (χ1n) is 2.63. The van der Waals surface area contributed by atoms with Gasteiger partial charge in [-0.3, -0.25) is 0 Å².